The van der Waals surface area contributed by atoms with Crippen LogP contribution in [0, 0.1) is 0 Å². The van der Waals surface area contributed by atoms with Crippen LogP contribution in [-0.4, -0.2) is 23.5 Å². The summed E-state index contributed by atoms with van der Waals surface area (Å²) in [7, 11) is 0. The zero-order chi connectivity index (χ0) is 20.0. The average Bonchev–Trinajstić information content (AvgIpc) is 2.60. The lowest BCUT2D eigenvalue weighted by molar-refractivity contribution is -0.122. The van der Waals surface area contributed by atoms with E-state index in [4.69, 9.17) is 16.3 Å². The highest BCUT2D eigenvalue weighted by Crippen LogP contribution is 2.20. The first kappa shape index (κ1) is 20.8. The lowest BCUT2D eigenvalue weighted by Gasteiger charge is -2.22. The Balaban J connectivity index is 2.14. The number of hydrogen-bond donors (Lipinski definition) is 2. The van der Waals surface area contributed by atoms with Gasteiger partial charge >= 0.3 is 0 Å². The molecule has 0 aromatic heterocycles. The molecule has 6 heteroatoms. The maximum Gasteiger partial charge on any atom is 0.265 e. The fourth-order valence-electron chi connectivity index (χ4n) is 2.41. The highest BCUT2D eigenvalue weighted by molar-refractivity contribution is 6.30. The van der Waals surface area contributed by atoms with Crippen LogP contribution in [0.5, 0.6) is 5.75 Å². The molecule has 1 atom stereocenters. The number of halogens is 1. The molecule has 0 heterocycles. The number of carbonyl (C=O) groups excluding carboxylic acids is 2. The summed E-state index contributed by atoms with van der Waals surface area (Å²) in [6.45, 7) is 7.57. The molecule has 0 fully saturated rings. The summed E-state index contributed by atoms with van der Waals surface area (Å²) < 4.78 is 5.76. The van der Waals surface area contributed by atoms with E-state index in [1.54, 1.807) is 48.5 Å². The van der Waals surface area contributed by atoms with Gasteiger partial charge in [-0.15, -0.1) is 0 Å². The third-order valence-corrected chi connectivity index (χ3v) is 3.93. The summed E-state index contributed by atoms with van der Waals surface area (Å²) in [6, 6.07) is 13.7. The van der Waals surface area contributed by atoms with E-state index < -0.39 is 6.10 Å². The van der Waals surface area contributed by atoms with Gasteiger partial charge in [-0.25, -0.2) is 0 Å². The number of ether oxygens (including phenoxy) is 1. The van der Waals surface area contributed by atoms with Crippen molar-refractivity contribution in [1.82, 2.24) is 5.32 Å². The molecule has 144 valence electrons. The van der Waals surface area contributed by atoms with Crippen molar-refractivity contribution in [2.45, 2.75) is 45.8 Å². The van der Waals surface area contributed by atoms with Crippen molar-refractivity contribution < 1.29 is 14.3 Å². The SMILES string of the molecule is CC[C@H](Oc1ccc(Cl)cc1)C(=O)Nc1ccccc1C(=O)NC(C)(C)C. The topological polar surface area (TPSA) is 67.4 Å². The fourth-order valence-corrected chi connectivity index (χ4v) is 2.54. The molecule has 0 radical (unpaired) electrons. The van der Waals surface area contributed by atoms with Crippen molar-refractivity contribution in [2.24, 2.45) is 0 Å². The van der Waals surface area contributed by atoms with Crippen LogP contribution in [0.2, 0.25) is 5.02 Å². The molecule has 0 spiro atoms. The summed E-state index contributed by atoms with van der Waals surface area (Å²) in [5.74, 6) is -0.00584. The van der Waals surface area contributed by atoms with Gasteiger partial charge in [-0.1, -0.05) is 30.7 Å². The van der Waals surface area contributed by atoms with E-state index in [0.717, 1.165) is 0 Å². The lowest BCUT2D eigenvalue weighted by Crippen LogP contribution is -2.41. The van der Waals surface area contributed by atoms with Crippen LogP contribution in [0.15, 0.2) is 48.5 Å². The second-order valence-corrected chi connectivity index (χ2v) is 7.64. The molecule has 0 saturated heterocycles. The molecule has 5 nitrogen and oxygen atoms in total. The Morgan fingerprint density at radius 3 is 2.30 bits per heavy atom. The van der Waals surface area contributed by atoms with E-state index in [9.17, 15) is 9.59 Å². The Labute approximate surface area is 165 Å². The minimum Gasteiger partial charge on any atom is -0.481 e. The van der Waals surface area contributed by atoms with Crippen LogP contribution < -0.4 is 15.4 Å². The Bertz CT molecular complexity index is 798. The minimum atomic E-state index is -0.690. The second kappa shape index (κ2) is 8.91. The van der Waals surface area contributed by atoms with Crippen molar-refractivity contribution in [3.8, 4) is 5.75 Å². The Morgan fingerprint density at radius 1 is 1.07 bits per heavy atom. The van der Waals surface area contributed by atoms with Gasteiger partial charge in [-0.3, -0.25) is 9.59 Å². The quantitative estimate of drug-likeness (QED) is 0.755. The summed E-state index contributed by atoms with van der Waals surface area (Å²) >= 11 is 5.87. The van der Waals surface area contributed by atoms with Crippen molar-refractivity contribution in [3.63, 3.8) is 0 Å². The average molecular weight is 389 g/mol. The van der Waals surface area contributed by atoms with E-state index >= 15 is 0 Å². The number of anilines is 1. The summed E-state index contributed by atoms with van der Waals surface area (Å²) in [5, 5.41) is 6.31. The molecule has 0 unspecified atom stereocenters. The zero-order valence-electron chi connectivity index (χ0n) is 16.0. The molecule has 0 bridgehead atoms. The number of para-hydroxylation sites is 1. The van der Waals surface area contributed by atoms with Gasteiger partial charge in [-0.2, -0.15) is 0 Å². The minimum absolute atomic E-state index is 0.245. The molecule has 2 N–H and O–H groups in total. The second-order valence-electron chi connectivity index (χ2n) is 7.21. The smallest absolute Gasteiger partial charge is 0.265 e. The summed E-state index contributed by atoms with van der Waals surface area (Å²) in [6.07, 6.45) is -0.213. The monoisotopic (exact) mass is 388 g/mol. The van der Waals surface area contributed by atoms with Crippen molar-refractivity contribution in [1.29, 1.82) is 0 Å². The molecule has 2 aromatic rings. The molecule has 0 aliphatic carbocycles. The third-order valence-electron chi connectivity index (χ3n) is 3.67. The highest BCUT2D eigenvalue weighted by atomic mass is 35.5. The van der Waals surface area contributed by atoms with Gasteiger partial charge in [0.25, 0.3) is 11.8 Å². The summed E-state index contributed by atoms with van der Waals surface area (Å²) in [5.41, 5.74) is 0.474. The van der Waals surface area contributed by atoms with Crippen molar-refractivity contribution >= 4 is 29.1 Å². The van der Waals surface area contributed by atoms with Gasteiger partial charge in [0.1, 0.15) is 5.75 Å². The third kappa shape index (κ3) is 6.29. The maximum atomic E-state index is 12.7. The number of carbonyl (C=O) groups is 2. The molecule has 2 rings (SSSR count). The number of benzene rings is 2. The van der Waals surface area contributed by atoms with E-state index in [1.165, 1.54) is 0 Å². The van der Waals surface area contributed by atoms with E-state index in [-0.39, 0.29) is 17.4 Å². The highest BCUT2D eigenvalue weighted by Gasteiger charge is 2.22. The largest absolute Gasteiger partial charge is 0.481 e. The number of rotatable bonds is 6. The lowest BCUT2D eigenvalue weighted by atomic mass is 10.1. The van der Waals surface area contributed by atoms with Crippen molar-refractivity contribution in [2.75, 3.05) is 5.32 Å². The first-order chi connectivity index (χ1) is 12.7. The fraction of sp³-hybridized carbons (Fsp3) is 0.333. The standard InChI is InChI=1S/C21H25ClN2O3/c1-5-18(27-15-12-10-14(22)11-13-15)20(26)23-17-9-7-6-8-16(17)19(25)24-21(2,3)4/h6-13,18H,5H2,1-4H3,(H,23,26)(H,24,25)/t18-/m0/s1. The first-order valence-electron chi connectivity index (χ1n) is 8.84. The van der Waals surface area contributed by atoms with Crippen LogP contribution >= 0.6 is 11.6 Å². The Morgan fingerprint density at radius 2 is 1.70 bits per heavy atom. The van der Waals surface area contributed by atoms with Gasteiger partial charge in [0.2, 0.25) is 0 Å². The van der Waals surface area contributed by atoms with Gasteiger partial charge in [0.05, 0.1) is 11.3 Å². The molecule has 27 heavy (non-hydrogen) atoms. The van der Waals surface area contributed by atoms with Crippen LogP contribution in [0.4, 0.5) is 5.69 Å². The van der Waals surface area contributed by atoms with Crippen LogP contribution in [0.25, 0.3) is 0 Å². The molecule has 0 aliphatic heterocycles. The van der Waals surface area contributed by atoms with Crippen LogP contribution in [0.3, 0.4) is 0 Å². The van der Waals surface area contributed by atoms with Crippen molar-refractivity contribution in [3.05, 3.63) is 59.1 Å². The Kier molecular flexibility index (Phi) is 6.86. The van der Waals surface area contributed by atoms with Crippen LogP contribution in [-0.2, 0) is 4.79 Å². The summed E-state index contributed by atoms with van der Waals surface area (Å²) in [4.78, 5) is 25.2. The number of hydrogen-bond acceptors (Lipinski definition) is 3. The molecule has 2 amide bonds. The molecule has 2 aromatic carbocycles. The van der Waals surface area contributed by atoms with Gasteiger partial charge in [0.15, 0.2) is 6.10 Å². The van der Waals surface area contributed by atoms with E-state index in [2.05, 4.69) is 10.6 Å². The predicted molar refractivity (Wildman–Crippen MR) is 108 cm³/mol. The molecule has 0 saturated carbocycles. The number of nitrogens with one attached hydrogen (secondary N) is 2. The number of amides is 2. The predicted octanol–water partition coefficient (Wildman–Crippen LogP) is 4.66. The normalized spacial score (nSPS) is 12.2. The van der Waals surface area contributed by atoms with Gasteiger partial charge < -0.3 is 15.4 Å². The van der Waals surface area contributed by atoms with E-state index in [1.807, 2.05) is 27.7 Å². The first-order valence-corrected chi connectivity index (χ1v) is 9.22. The molecular formula is C21H25ClN2O3. The van der Waals surface area contributed by atoms with Gasteiger partial charge in [-0.05, 0) is 63.6 Å². The maximum absolute atomic E-state index is 12.7. The van der Waals surface area contributed by atoms with Gasteiger partial charge in [0, 0.05) is 10.6 Å². The Hall–Kier alpha value is -2.53. The zero-order valence-corrected chi connectivity index (χ0v) is 16.8. The van der Waals surface area contributed by atoms with E-state index in [0.29, 0.717) is 28.4 Å². The van der Waals surface area contributed by atoms with Crippen LogP contribution in [0.1, 0.15) is 44.5 Å². The molecular weight excluding hydrogens is 364 g/mol. The molecule has 0 aliphatic rings.